The third-order valence-corrected chi connectivity index (χ3v) is 2.97. The van der Waals surface area contributed by atoms with Crippen LogP contribution in [0.2, 0.25) is 0 Å². The summed E-state index contributed by atoms with van der Waals surface area (Å²) >= 11 is 0. The smallest absolute Gasteiger partial charge is 0.408 e. The van der Waals surface area contributed by atoms with Crippen molar-refractivity contribution in [3.05, 3.63) is 0 Å². The minimum atomic E-state index is -0.863. The van der Waals surface area contributed by atoms with Gasteiger partial charge in [0.05, 0.1) is 5.41 Å². The van der Waals surface area contributed by atoms with Crippen molar-refractivity contribution >= 4 is 12.1 Å². The van der Waals surface area contributed by atoms with Crippen molar-refractivity contribution in [2.45, 2.75) is 72.4 Å². The fourth-order valence-corrected chi connectivity index (χ4v) is 1.95. The van der Waals surface area contributed by atoms with Crippen LogP contribution in [0.15, 0.2) is 0 Å². The standard InChI is InChI=1S/C14H27NO4/c1-8-14(7,10(16)17)9-13(5,6)15-11(18)19-12(2,3)4/h8-9H2,1-7H3,(H,15,18)(H,16,17). The Kier molecular flexibility index (Phi) is 5.42. The van der Waals surface area contributed by atoms with Crippen LogP contribution in [0.5, 0.6) is 0 Å². The molecule has 0 aromatic carbocycles. The summed E-state index contributed by atoms with van der Waals surface area (Å²) in [6, 6.07) is 0. The number of aliphatic carboxylic acids is 1. The Labute approximate surface area is 115 Å². The van der Waals surface area contributed by atoms with Gasteiger partial charge >= 0.3 is 12.1 Å². The lowest BCUT2D eigenvalue weighted by Crippen LogP contribution is -2.49. The second kappa shape index (κ2) is 5.80. The largest absolute Gasteiger partial charge is 0.481 e. The lowest BCUT2D eigenvalue weighted by molar-refractivity contribution is -0.149. The van der Waals surface area contributed by atoms with Gasteiger partial charge in [0, 0.05) is 5.54 Å². The maximum Gasteiger partial charge on any atom is 0.408 e. The van der Waals surface area contributed by atoms with Gasteiger partial charge in [-0.05, 0) is 54.4 Å². The van der Waals surface area contributed by atoms with E-state index in [9.17, 15) is 14.7 Å². The first-order valence-electron chi connectivity index (χ1n) is 6.56. The minimum Gasteiger partial charge on any atom is -0.481 e. The topological polar surface area (TPSA) is 75.6 Å². The number of nitrogens with one attached hydrogen (secondary N) is 1. The van der Waals surface area contributed by atoms with Crippen LogP contribution in [0.4, 0.5) is 4.79 Å². The van der Waals surface area contributed by atoms with Crippen LogP contribution in [-0.2, 0) is 9.53 Å². The van der Waals surface area contributed by atoms with Crippen molar-refractivity contribution in [2.75, 3.05) is 0 Å². The van der Waals surface area contributed by atoms with Gasteiger partial charge in [0.15, 0.2) is 0 Å². The molecule has 112 valence electrons. The summed E-state index contributed by atoms with van der Waals surface area (Å²) in [7, 11) is 0. The van der Waals surface area contributed by atoms with Crippen molar-refractivity contribution in [1.82, 2.24) is 5.32 Å². The molecule has 1 unspecified atom stereocenters. The molecular weight excluding hydrogens is 246 g/mol. The molecule has 0 heterocycles. The maximum absolute atomic E-state index is 11.7. The number of hydrogen-bond donors (Lipinski definition) is 2. The first-order chi connectivity index (χ1) is 8.31. The summed E-state index contributed by atoms with van der Waals surface area (Å²) in [4.78, 5) is 23.0. The molecule has 5 nitrogen and oxygen atoms in total. The number of carboxylic acids is 1. The van der Waals surface area contributed by atoms with E-state index in [1.807, 2.05) is 6.92 Å². The molecule has 0 saturated carbocycles. The number of hydrogen-bond acceptors (Lipinski definition) is 3. The van der Waals surface area contributed by atoms with Crippen LogP contribution in [-0.4, -0.2) is 28.3 Å². The van der Waals surface area contributed by atoms with Crippen LogP contribution >= 0.6 is 0 Å². The van der Waals surface area contributed by atoms with Gasteiger partial charge in [-0.2, -0.15) is 0 Å². The summed E-state index contributed by atoms with van der Waals surface area (Å²) in [6.07, 6.45) is 0.314. The van der Waals surface area contributed by atoms with Crippen LogP contribution in [0.25, 0.3) is 0 Å². The zero-order valence-corrected chi connectivity index (χ0v) is 13.1. The number of rotatable bonds is 5. The van der Waals surface area contributed by atoms with E-state index in [0.717, 1.165) is 0 Å². The second-order valence-electron chi connectivity index (χ2n) is 6.91. The highest BCUT2D eigenvalue weighted by Gasteiger charge is 2.38. The molecule has 19 heavy (non-hydrogen) atoms. The van der Waals surface area contributed by atoms with Gasteiger partial charge in [0.25, 0.3) is 0 Å². The summed E-state index contributed by atoms with van der Waals surface area (Å²) in [6.45, 7) is 12.5. The average molecular weight is 273 g/mol. The molecule has 0 spiro atoms. The molecule has 0 saturated heterocycles. The van der Waals surface area contributed by atoms with E-state index in [1.54, 1.807) is 41.5 Å². The summed E-state index contributed by atoms with van der Waals surface area (Å²) in [5.74, 6) is -0.853. The molecule has 0 aliphatic carbocycles. The highest BCUT2D eigenvalue weighted by atomic mass is 16.6. The number of amides is 1. The molecule has 0 rings (SSSR count). The fourth-order valence-electron chi connectivity index (χ4n) is 1.95. The van der Waals surface area contributed by atoms with E-state index in [0.29, 0.717) is 12.8 Å². The van der Waals surface area contributed by atoms with Gasteiger partial charge in [-0.1, -0.05) is 6.92 Å². The van der Waals surface area contributed by atoms with Crippen molar-refractivity contribution in [1.29, 1.82) is 0 Å². The fraction of sp³-hybridized carbons (Fsp3) is 0.857. The van der Waals surface area contributed by atoms with Gasteiger partial charge < -0.3 is 15.2 Å². The molecule has 0 bridgehead atoms. The molecule has 0 fully saturated rings. The molecule has 0 aromatic heterocycles. The summed E-state index contributed by atoms with van der Waals surface area (Å²) < 4.78 is 5.18. The Morgan fingerprint density at radius 3 is 1.89 bits per heavy atom. The van der Waals surface area contributed by atoms with Crippen LogP contribution in [0, 0.1) is 5.41 Å². The third-order valence-electron chi connectivity index (χ3n) is 2.97. The van der Waals surface area contributed by atoms with Crippen molar-refractivity contribution < 1.29 is 19.4 Å². The summed E-state index contributed by atoms with van der Waals surface area (Å²) in [5, 5.41) is 12.0. The number of carbonyl (C=O) groups excluding carboxylic acids is 1. The van der Waals surface area contributed by atoms with Gasteiger partial charge in [0.1, 0.15) is 5.60 Å². The Morgan fingerprint density at radius 1 is 1.11 bits per heavy atom. The number of carboxylic acid groups (broad SMARTS) is 1. The lowest BCUT2D eigenvalue weighted by Gasteiger charge is -2.35. The monoisotopic (exact) mass is 273 g/mol. The SMILES string of the molecule is CCC(C)(CC(C)(C)NC(=O)OC(C)(C)C)C(=O)O. The van der Waals surface area contributed by atoms with Crippen molar-refractivity contribution in [2.24, 2.45) is 5.41 Å². The van der Waals surface area contributed by atoms with Gasteiger partial charge in [-0.25, -0.2) is 4.79 Å². The van der Waals surface area contributed by atoms with E-state index in [1.165, 1.54) is 0 Å². The highest BCUT2D eigenvalue weighted by molar-refractivity contribution is 5.74. The Balaban J connectivity index is 4.72. The molecular formula is C14H27NO4. The van der Waals surface area contributed by atoms with Crippen molar-refractivity contribution in [3.63, 3.8) is 0 Å². The Morgan fingerprint density at radius 2 is 1.58 bits per heavy atom. The number of ether oxygens (including phenoxy) is 1. The van der Waals surface area contributed by atoms with E-state index in [4.69, 9.17) is 4.74 Å². The van der Waals surface area contributed by atoms with E-state index in [2.05, 4.69) is 5.32 Å². The zero-order valence-electron chi connectivity index (χ0n) is 13.1. The van der Waals surface area contributed by atoms with E-state index >= 15 is 0 Å². The van der Waals surface area contributed by atoms with E-state index in [-0.39, 0.29) is 0 Å². The zero-order chi connectivity index (χ0) is 15.5. The highest BCUT2D eigenvalue weighted by Crippen LogP contribution is 2.32. The molecule has 0 aromatic rings. The average Bonchev–Trinajstić information content (AvgIpc) is 2.11. The van der Waals surface area contributed by atoms with Gasteiger partial charge in [0.2, 0.25) is 0 Å². The molecule has 1 atom stereocenters. The molecule has 2 N–H and O–H groups in total. The predicted molar refractivity (Wildman–Crippen MR) is 74.1 cm³/mol. The minimum absolute atomic E-state index is 0.338. The quantitative estimate of drug-likeness (QED) is 0.806. The van der Waals surface area contributed by atoms with Crippen LogP contribution in [0.1, 0.15) is 61.3 Å². The number of alkyl carbamates (subject to hydrolysis) is 1. The molecule has 0 radical (unpaired) electrons. The molecule has 0 aliphatic heterocycles. The van der Waals surface area contributed by atoms with E-state index < -0.39 is 28.6 Å². The molecule has 1 amide bonds. The predicted octanol–water partition coefficient (Wildman–Crippen LogP) is 3.18. The first-order valence-corrected chi connectivity index (χ1v) is 6.56. The second-order valence-corrected chi connectivity index (χ2v) is 6.91. The van der Waals surface area contributed by atoms with Crippen LogP contribution < -0.4 is 5.32 Å². The molecule has 0 aliphatic rings. The number of carbonyl (C=O) groups is 2. The lowest BCUT2D eigenvalue weighted by atomic mass is 9.76. The molecule has 5 heteroatoms. The first kappa shape index (κ1) is 17.7. The Bertz CT molecular complexity index is 344. The van der Waals surface area contributed by atoms with Crippen molar-refractivity contribution in [3.8, 4) is 0 Å². The Hall–Kier alpha value is -1.26. The van der Waals surface area contributed by atoms with Gasteiger partial charge in [-0.15, -0.1) is 0 Å². The third kappa shape index (κ3) is 6.45. The van der Waals surface area contributed by atoms with Crippen LogP contribution in [0.3, 0.4) is 0 Å². The maximum atomic E-state index is 11.7. The van der Waals surface area contributed by atoms with Gasteiger partial charge in [-0.3, -0.25) is 4.79 Å². The normalized spacial score (nSPS) is 15.5. The summed E-state index contributed by atoms with van der Waals surface area (Å²) in [5.41, 5.74) is -2.08.